The summed E-state index contributed by atoms with van der Waals surface area (Å²) in [5.74, 6) is -0.571. The van der Waals surface area contributed by atoms with E-state index in [-0.39, 0.29) is 17.9 Å². The zero-order valence-electron chi connectivity index (χ0n) is 19.6. The summed E-state index contributed by atoms with van der Waals surface area (Å²) in [6.07, 6.45) is 4.70. The van der Waals surface area contributed by atoms with Crippen molar-refractivity contribution in [3.8, 4) is 5.75 Å². The lowest BCUT2D eigenvalue weighted by atomic mass is 9.96. The molecule has 0 bridgehead atoms. The third kappa shape index (κ3) is 4.63. The number of carbonyl (C=O) groups excluding carboxylic acids is 2. The Bertz CT molecular complexity index is 1410. The van der Waals surface area contributed by atoms with Crippen LogP contribution in [0.1, 0.15) is 34.1 Å². The van der Waals surface area contributed by atoms with Crippen LogP contribution in [0.15, 0.2) is 101 Å². The Labute approximate surface area is 208 Å². The van der Waals surface area contributed by atoms with Crippen LogP contribution >= 0.6 is 0 Å². The SMILES string of the molecule is Cc1cccc(COc2ccc(/C(O)=C3\C(=O)C(=O)N(Cc4ccco4)[C@H]3c3cccnc3)cc2)c1. The topological polar surface area (TPSA) is 92.9 Å². The van der Waals surface area contributed by atoms with Crippen LogP contribution in [0, 0.1) is 6.92 Å². The number of aliphatic hydroxyl groups excluding tert-OH is 1. The number of hydrogen-bond donors (Lipinski definition) is 1. The fraction of sp³-hybridized carbons (Fsp3) is 0.138. The van der Waals surface area contributed by atoms with Crippen LogP contribution in [0.2, 0.25) is 0 Å². The van der Waals surface area contributed by atoms with Crippen molar-refractivity contribution >= 4 is 17.4 Å². The van der Waals surface area contributed by atoms with Crippen LogP contribution in [-0.2, 0) is 22.7 Å². The number of aliphatic hydroxyl groups is 1. The Balaban J connectivity index is 1.45. The summed E-state index contributed by atoms with van der Waals surface area (Å²) >= 11 is 0. The number of amides is 1. The van der Waals surface area contributed by atoms with Crippen molar-refractivity contribution in [3.63, 3.8) is 0 Å². The molecule has 7 nitrogen and oxygen atoms in total. The Kier molecular flexibility index (Phi) is 6.36. The monoisotopic (exact) mass is 480 g/mol. The van der Waals surface area contributed by atoms with Gasteiger partial charge >= 0.3 is 0 Å². The molecule has 1 atom stereocenters. The van der Waals surface area contributed by atoms with Gasteiger partial charge in [0, 0.05) is 18.0 Å². The molecule has 3 heterocycles. The average molecular weight is 481 g/mol. The third-order valence-electron chi connectivity index (χ3n) is 6.06. The van der Waals surface area contributed by atoms with E-state index >= 15 is 0 Å². The molecule has 1 N–H and O–H groups in total. The second-order valence-electron chi connectivity index (χ2n) is 8.59. The smallest absolute Gasteiger partial charge is 0.296 e. The van der Waals surface area contributed by atoms with E-state index in [0.717, 1.165) is 11.1 Å². The fourth-order valence-electron chi connectivity index (χ4n) is 4.33. The Morgan fingerprint density at radius 1 is 1.06 bits per heavy atom. The van der Waals surface area contributed by atoms with E-state index < -0.39 is 17.7 Å². The van der Waals surface area contributed by atoms with Gasteiger partial charge in [0.05, 0.1) is 24.4 Å². The van der Waals surface area contributed by atoms with Crippen molar-refractivity contribution in [1.29, 1.82) is 0 Å². The number of likely N-dealkylation sites (tertiary alicyclic amines) is 1. The number of Topliss-reactive ketones (excluding diaryl/α,β-unsaturated/α-hetero) is 1. The van der Waals surface area contributed by atoms with Gasteiger partial charge in [-0.2, -0.15) is 0 Å². The van der Waals surface area contributed by atoms with E-state index in [0.29, 0.717) is 29.2 Å². The van der Waals surface area contributed by atoms with Gasteiger partial charge in [-0.1, -0.05) is 35.9 Å². The minimum atomic E-state index is -0.805. The number of nitrogens with zero attached hydrogens (tertiary/aromatic N) is 2. The Hall–Kier alpha value is -4.65. The lowest BCUT2D eigenvalue weighted by Crippen LogP contribution is -2.29. The average Bonchev–Trinajstić information content (AvgIpc) is 3.50. The first-order valence-electron chi connectivity index (χ1n) is 11.5. The molecule has 0 aliphatic carbocycles. The van der Waals surface area contributed by atoms with Gasteiger partial charge in [-0.25, -0.2) is 0 Å². The zero-order chi connectivity index (χ0) is 25.1. The number of ketones is 1. The molecule has 36 heavy (non-hydrogen) atoms. The molecule has 4 aromatic rings. The predicted molar refractivity (Wildman–Crippen MR) is 133 cm³/mol. The maximum absolute atomic E-state index is 13.1. The van der Waals surface area contributed by atoms with Gasteiger partial charge in [-0.3, -0.25) is 14.6 Å². The number of aryl methyl sites for hydroxylation is 1. The normalized spacial score (nSPS) is 16.9. The number of furan rings is 1. The standard InChI is InChI=1S/C29H24N2O5/c1-19-5-2-6-20(15-19)18-36-23-11-9-21(10-12-23)27(32)25-26(22-7-3-13-30-16-22)31(29(34)28(25)33)17-24-8-4-14-35-24/h2-16,26,32H,17-18H2,1H3/b27-25+/t26-/m0/s1. The Morgan fingerprint density at radius 3 is 2.58 bits per heavy atom. The highest BCUT2D eigenvalue weighted by Gasteiger charge is 2.46. The molecular weight excluding hydrogens is 456 g/mol. The van der Waals surface area contributed by atoms with Crippen molar-refractivity contribution in [1.82, 2.24) is 9.88 Å². The second-order valence-corrected chi connectivity index (χ2v) is 8.59. The van der Waals surface area contributed by atoms with E-state index in [2.05, 4.69) is 11.1 Å². The first kappa shape index (κ1) is 23.1. The van der Waals surface area contributed by atoms with Gasteiger partial charge in [-0.05, 0) is 60.5 Å². The highest BCUT2D eigenvalue weighted by Crippen LogP contribution is 2.40. The van der Waals surface area contributed by atoms with Gasteiger partial charge in [0.25, 0.3) is 11.7 Å². The zero-order valence-corrected chi connectivity index (χ0v) is 19.6. The number of carbonyl (C=O) groups is 2. The van der Waals surface area contributed by atoms with E-state index in [9.17, 15) is 14.7 Å². The first-order chi connectivity index (χ1) is 17.5. The highest BCUT2D eigenvalue weighted by molar-refractivity contribution is 6.46. The number of rotatable bonds is 7. The minimum Gasteiger partial charge on any atom is -0.507 e. The van der Waals surface area contributed by atoms with Gasteiger partial charge in [-0.15, -0.1) is 0 Å². The van der Waals surface area contributed by atoms with Gasteiger partial charge < -0.3 is 19.2 Å². The van der Waals surface area contributed by atoms with Crippen molar-refractivity contribution in [2.24, 2.45) is 0 Å². The van der Waals surface area contributed by atoms with Crippen LogP contribution in [0.4, 0.5) is 0 Å². The van der Waals surface area contributed by atoms with Crippen LogP contribution in [0.5, 0.6) is 5.75 Å². The number of pyridine rings is 1. The molecule has 180 valence electrons. The first-order valence-corrected chi connectivity index (χ1v) is 11.5. The summed E-state index contributed by atoms with van der Waals surface area (Å²) in [6, 6.07) is 21.0. The molecule has 1 fully saturated rings. The maximum Gasteiger partial charge on any atom is 0.296 e. The lowest BCUT2D eigenvalue weighted by molar-refractivity contribution is -0.140. The summed E-state index contributed by atoms with van der Waals surface area (Å²) in [5.41, 5.74) is 3.23. The predicted octanol–water partition coefficient (Wildman–Crippen LogP) is 5.18. The van der Waals surface area contributed by atoms with Gasteiger partial charge in [0.1, 0.15) is 23.9 Å². The number of aromatic nitrogens is 1. The quantitative estimate of drug-likeness (QED) is 0.222. The van der Waals surface area contributed by atoms with Crippen molar-refractivity contribution in [3.05, 3.63) is 125 Å². The molecule has 1 saturated heterocycles. The molecule has 0 saturated carbocycles. The number of benzene rings is 2. The third-order valence-corrected chi connectivity index (χ3v) is 6.06. The fourth-order valence-corrected chi connectivity index (χ4v) is 4.33. The highest BCUT2D eigenvalue weighted by atomic mass is 16.5. The van der Waals surface area contributed by atoms with Crippen molar-refractivity contribution in [2.75, 3.05) is 0 Å². The summed E-state index contributed by atoms with van der Waals surface area (Å²) < 4.78 is 11.3. The van der Waals surface area contributed by atoms with Gasteiger partial charge in [0.2, 0.25) is 0 Å². The summed E-state index contributed by atoms with van der Waals surface area (Å²) in [5, 5.41) is 11.2. The molecule has 7 heteroatoms. The maximum atomic E-state index is 13.1. The summed E-state index contributed by atoms with van der Waals surface area (Å²) in [7, 11) is 0. The summed E-state index contributed by atoms with van der Waals surface area (Å²) in [6.45, 7) is 2.52. The van der Waals surface area contributed by atoms with E-state index in [1.165, 1.54) is 11.2 Å². The van der Waals surface area contributed by atoms with Crippen LogP contribution < -0.4 is 4.74 Å². The van der Waals surface area contributed by atoms with Crippen molar-refractivity contribution < 1.29 is 23.8 Å². The lowest BCUT2D eigenvalue weighted by Gasteiger charge is -2.24. The molecule has 2 aromatic heterocycles. The van der Waals surface area contributed by atoms with E-state index in [1.807, 2.05) is 25.1 Å². The Morgan fingerprint density at radius 2 is 1.89 bits per heavy atom. The van der Waals surface area contributed by atoms with Crippen LogP contribution in [0.3, 0.4) is 0 Å². The van der Waals surface area contributed by atoms with Crippen molar-refractivity contribution in [2.45, 2.75) is 26.1 Å². The molecule has 5 rings (SSSR count). The molecular formula is C29H24N2O5. The molecule has 1 amide bonds. The molecule has 0 spiro atoms. The molecule has 0 radical (unpaired) electrons. The number of hydrogen-bond acceptors (Lipinski definition) is 6. The van der Waals surface area contributed by atoms with Crippen LogP contribution in [0.25, 0.3) is 5.76 Å². The van der Waals surface area contributed by atoms with E-state index in [4.69, 9.17) is 9.15 Å². The van der Waals surface area contributed by atoms with Crippen LogP contribution in [-0.4, -0.2) is 26.7 Å². The summed E-state index contributed by atoms with van der Waals surface area (Å²) in [4.78, 5) is 31.7. The molecule has 1 aliphatic heterocycles. The number of ether oxygens (including phenoxy) is 1. The van der Waals surface area contributed by atoms with E-state index in [1.54, 1.807) is 60.9 Å². The largest absolute Gasteiger partial charge is 0.507 e. The van der Waals surface area contributed by atoms with Gasteiger partial charge in [0.15, 0.2) is 0 Å². The minimum absolute atomic E-state index is 0.00739. The second kappa shape index (κ2) is 9.92. The molecule has 2 aromatic carbocycles. The molecule has 1 aliphatic rings. The molecule has 0 unspecified atom stereocenters.